The van der Waals surface area contributed by atoms with Gasteiger partial charge in [-0.2, -0.15) is 0 Å². The van der Waals surface area contributed by atoms with Crippen LogP contribution in [0, 0.1) is 0 Å². The zero-order valence-electron chi connectivity index (χ0n) is 9.79. The van der Waals surface area contributed by atoms with E-state index in [0.29, 0.717) is 11.6 Å². The molecule has 2 heterocycles. The Morgan fingerprint density at radius 2 is 1.71 bits per heavy atom. The van der Waals surface area contributed by atoms with E-state index in [1.165, 1.54) is 32.1 Å². The summed E-state index contributed by atoms with van der Waals surface area (Å²) in [4.78, 5) is 2.76. The molecule has 2 bridgehead atoms. The van der Waals surface area contributed by atoms with Crippen LogP contribution < -0.4 is 5.73 Å². The first-order valence-corrected chi connectivity index (χ1v) is 6.08. The number of nitrogens with zero attached hydrogens (tertiary/aromatic N) is 1. The molecule has 14 heavy (non-hydrogen) atoms. The molecular formula is C12H24N2. The molecule has 2 saturated heterocycles. The maximum absolute atomic E-state index is 6.08. The molecule has 2 fully saturated rings. The minimum Gasteiger partial charge on any atom is -0.328 e. The lowest BCUT2D eigenvalue weighted by Gasteiger charge is -2.47. The summed E-state index contributed by atoms with van der Waals surface area (Å²) in [5, 5.41) is 0. The first-order chi connectivity index (χ1) is 6.54. The van der Waals surface area contributed by atoms with E-state index in [4.69, 9.17) is 5.73 Å². The molecule has 2 unspecified atom stereocenters. The van der Waals surface area contributed by atoms with E-state index < -0.39 is 0 Å². The molecule has 82 valence electrons. The second-order valence-corrected chi connectivity index (χ2v) is 5.69. The van der Waals surface area contributed by atoms with E-state index in [9.17, 15) is 0 Å². The Labute approximate surface area is 87.8 Å². The van der Waals surface area contributed by atoms with Crippen LogP contribution in [0.4, 0.5) is 0 Å². The second-order valence-electron chi connectivity index (χ2n) is 5.69. The number of piperidine rings is 1. The third-order valence-corrected chi connectivity index (χ3v) is 4.33. The first kappa shape index (κ1) is 10.4. The summed E-state index contributed by atoms with van der Waals surface area (Å²) in [5.74, 6) is 0. The van der Waals surface area contributed by atoms with Crippen molar-refractivity contribution in [3.8, 4) is 0 Å². The number of hydrogen-bond acceptors (Lipinski definition) is 2. The topological polar surface area (TPSA) is 29.3 Å². The molecule has 2 nitrogen and oxygen atoms in total. The molecule has 0 saturated carbocycles. The van der Waals surface area contributed by atoms with Crippen LogP contribution in [0.25, 0.3) is 0 Å². The van der Waals surface area contributed by atoms with E-state index in [0.717, 1.165) is 12.1 Å². The summed E-state index contributed by atoms with van der Waals surface area (Å²) in [6, 6.07) is 2.02. The average Bonchev–Trinajstić information content (AvgIpc) is 2.40. The number of rotatable bonds is 2. The van der Waals surface area contributed by atoms with Crippen LogP contribution >= 0.6 is 0 Å². The summed E-state index contributed by atoms with van der Waals surface area (Å²) in [7, 11) is 0. The summed E-state index contributed by atoms with van der Waals surface area (Å²) < 4.78 is 0. The van der Waals surface area contributed by atoms with Gasteiger partial charge in [0.05, 0.1) is 0 Å². The molecule has 2 heteroatoms. The van der Waals surface area contributed by atoms with Gasteiger partial charge in [-0.1, -0.05) is 6.92 Å². The van der Waals surface area contributed by atoms with Crippen molar-refractivity contribution >= 4 is 0 Å². The molecule has 2 aliphatic heterocycles. The quantitative estimate of drug-likeness (QED) is 0.733. The van der Waals surface area contributed by atoms with Crippen molar-refractivity contribution in [2.45, 2.75) is 76.5 Å². The van der Waals surface area contributed by atoms with Crippen LogP contribution in [0.5, 0.6) is 0 Å². The molecule has 0 radical (unpaired) electrons. The van der Waals surface area contributed by atoms with Crippen LogP contribution in [-0.2, 0) is 0 Å². The summed E-state index contributed by atoms with van der Waals surface area (Å²) in [6.07, 6.45) is 6.44. The fourth-order valence-corrected chi connectivity index (χ4v) is 3.39. The Morgan fingerprint density at radius 3 is 2.14 bits per heavy atom. The van der Waals surface area contributed by atoms with E-state index in [1.54, 1.807) is 0 Å². The van der Waals surface area contributed by atoms with Gasteiger partial charge in [0, 0.05) is 23.7 Å². The van der Waals surface area contributed by atoms with E-state index in [-0.39, 0.29) is 0 Å². The maximum Gasteiger partial charge on any atom is 0.0156 e. The lowest BCUT2D eigenvalue weighted by molar-refractivity contribution is 0.0235. The van der Waals surface area contributed by atoms with Crippen molar-refractivity contribution in [2.75, 3.05) is 0 Å². The molecule has 2 atom stereocenters. The molecule has 0 aromatic carbocycles. The fraction of sp³-hybridized carbons (Fsp3) is 1.00. The standard InChI is InChI=1S/C12H24N2/c1-4-12(2,3)14-10-5-6-11(14)8-9(13)7-10/h9-11H,4-8,13H2,1-3H3. The van der Waals surface area contributed by atoms with Gasteiger partial charge in [0.15, 0.2) is 0 Å². The van der Waals surface area contributed by atoms with Gasteiger partial charge in [0.25, 0.3) is 0 Å². The largest absolute Gasteiger partial charge is 0.328 e. The predicted molar refractivity (Wildman–Crippen MR) is 60.2 cm³/mol. The highest BCUT2D eigenvalue weighted by Crippen LogP contribution is 2.40. The SMILES string of the molecule is CCC(C)(C)N1C2CCC1CC(N)C2. The highest BCUT2D eigenvalue weighted by atomic mass is 15.3. The Bertz CT molecular complexity index is 198. The zero-order chi connectivity index (χ0) is 10.3. The van der Waals surface area contributed by atoms with Gasteiger partial charge in [-0.05, 0) is 46.0 Å². The third-order valence-electron chi connectivity index (χ3n) is 4.33. The van der Waals surface area contributed by atoms with E-state index in [2.05, 4.69) is 25.7 Å². The average molecular weight is 196 g/mol. The van der Waals surface area contributed by atoms with Crippen LogP contribution in [0.15, 0.2) is 0 Å². The van der Waals surface area contributed by atoms with E-state index >= 15 is 0 Å². The number of hydrogen-bond donors (Lipinski definition) is 1. The first-order valence-electron chi connectivity index (χ1n) is 6.08. The van der Waals surface area contributed by atoms with Crippen molar-refractivity contribution in [3.05, 3.63) is 0 Å². The zero-order valence-corrected chi connectivity index (χ0v) is 9.79. The maximum atomic E-state index is 6.08. The van der Waals surface area contributed by atoms with Gasteiger partial charge in [-0.25, -0.2) is 0 Å². The molecule has 0 spiro atoms. The Balaban J connectivity index is 2.15. The van der Waals surface area contributed by atoms with Crippen molar-refractivity contribution in [1.29, 1.82) is 0 Å². The highest BCUT2D eigenvalue weighted by molar-refractivity contribution is 5.01. The Morgan fingerprint density at radius 1 is 1.21 bits per heavy atom. The summed E-state index contributed by atoms with van der Waals surface area (Å²) in [6.45, 7) is 7.07. The minimum atomic E-state index is 0.381. The number of fused-ring (bicyclic) bond motifs is 2. The van der Waals surface area contributed by atoms with Crippen molar-refractivity contribution < 1.29 is 0 Å². The molecule has 0 aromatic heterocycles. The molecule has 2 rings (SSSR count). The highest BCUT2D eigenvalue weighted by Gasteiger charge is 2.45. The van der Waals surface area contributed by atoms with Crippen LogP contribution in [0.1, 0.15) is 52.9 Å². The van der Waals surface area contributed by atoms with Gasteiger partial charge in [-0.3, -0.25) is 4.90 Å². The fourth-order valence-electron chi connectivity index (χ4n) is 3.39. The van der Waals surface area contributed by atoms with Crippen molar-refractivity contribution in [1.82, 2.24) is 4.90 Å². The van der Waals surface area contributed by atoms with Gasteiger partial charge < -0.3 is 5.73 Å². The van der Waals surface area contributed by atoms with Gasteiger partial charge in [0.2, 0.25) is 0 Å². The summed E-state index contributed by atoms with van der Waals surface area (Å²) in [5.41, 5.74) is 6.46. The van der Waals surface area contributed by atoms with Crippen molar-refractivity contribution in [3.63, 3.8) is 0 Å². The monoisotopic (exact) mass is 196 g/mol. The lowest BCUT2D eigenvalue weighted by Crippen LogP contribution is -2.56. The molecule has 2 aliphatic rings. The molecule has 0 aliphatic carbocycles. The molecule has 0 amide bonds. The van der Waals surface area contributed by atoms with Crippen LogP contribution in [-0.4, -0.2) is 28.6 Å². The van der Waals surface area contributed by atoms with Gasteiger partial charge in [-0.15, -0.1) is 0 Å². The molecular weight excluding hydrogens is 172 g/mol. The third kappa shape index (κ3) is 1.59. The van der Waals surface area contributed by atoms with Crippen molar-refractivity contribution in [2.24, 2.45) is 5.73 Å². The smallest absolute Gasteiger partial charge is 0.0156 e. The predicted octanol–water partition coefficient (Wildman–Crippen LogP) is 2.13. The minimum absolute atomic E-state index is 0.381. The molecule has 0 aromatic rings. The molecule has 2 N–H and O–H groups in total. The Hall–Kier alpha value is -0.0800. The second kappa shape index (κ2) is 3.49. The van der Waals surface area contributed by atoms with E-state index in [1.807, 2.05) is 0 Å². The van der Waals surface area contributed by atoms with Gasteiger partial charge in [0.1, 0.15) is 0 Å². The van der Waals surface area contributed by atoms with Crippen LogP contribution in [0.3, 0.4) is 0 Å². The van der Waals surface area contributed by atoms with Crippen LogP contribution in [0.2, 0.25) is 0 Å². The normalized spacial score (nSPS) is 39.0. The Kier molecular flexibility index (Phi) is 2.61. The lowest BCUT2D eigenvalue weighted by atomic mass is 9.89. The summed E-state index contributed by atoms with van der Waals surface area (Å²) >= 11 is 0. The number of nitrogens with two attached hydrogens (primary N) is 1. The van der Waals surface area contributed by atoms with Gasteiger partial charge >= 0.3 is 0 Å².